The van der Waals surface area contributed by atoms with Crippen molar-refractivity contribution in [3.63, 3.8) is 0 Å². The van der Waals surface area contributed by atoms with E-state index in [-0.39, 0.29) is 5.91 Å². The van der Waals surface area contributed by atoms with Crippen molar-refractivity contribution in [2.45, 2.75) is 32.8 Å². The summed E-state index contributed by atoms with van der Waals surface area (Å²) in [5.74, 6) is 0.605. The number of benzene rings is 1. The molecule has 0 spiro atoms. The Morgan fingerprint density at radius 1 is 1.19 bits per heavy atom. The van der Waals surface area contributed by atoms with Crippen molar-refractivity contribution in [1.82, 2.24) is 0 Å². The summed E-state index contributed by atoms with van der Waals surface area (Å²) in [5.41, 5.74) is -0.0824. The number of hydrogen-bond donors (Lipinski definition) is 1. The minimum absolute atomic E-state index is 0.139. The summed E-state index contributed by atoms with van der Waals surface area (Å²) in [6.45, 7) is 7.16. The van der Waals surface area contributed by atoms with Crippen molar-refractivity contribution in [2.75, 3.05) is 32.2 Å². The molecule has 0 radical (unpaired) electrons. The molecule has 0 saturated carbocycles. The number of methoxy groups -OCH3 is 1. The summed E-state index contributed by atoms with van der Waals surface area (Å²) in [6.07, 6.45) is 0.616. The van der Waals surface area contributed by atoms with Crippen LogP contribution in [0.2, 0.25) is 0 Å². The van der Waals surface area contributed by atoms with E-state index in [1.807, 2.05) is 38.1 Å². The van der Waals surface area contributed by atoms with Gasteiger partial charge in [0.05, 0.1) is 6.61 Å². The lowest BCUT2D eigenvalue weighted by Gasteiger charge is -2.26. The molecule has 0 fully saturated rings. The van der Waals surface area contributed by atoms with E-state index in [9.17, 15) is 4.79 Å². The Balaban J connectivity index is 2.60. The largest absolute Gasteiger partial charge is 0.491 e. The Kier molecular flexibility index (Phi) is 7.19. The highest BCUT2D eigenvalue weighted by atomic mass is 16.5. The van der Waals surface area contributed by atoms with Gasteiger partial charge in [-0.15, -0.1) is 0 Å². The quantitative estimate of drug-likeness (QED) is 0.712. The number of ether oxygens (including phenoxy) is 3. The van der Waals surface area contributed by atoms with E-state index in [1.165, 1.54) is 0 Å². The predicted octanol–water partition coefficient (Wildman–Crippen LogP) is 2.86. The highest BCUT2D eigenvalue weighted by Gasteiger charge is 2.31. The van der Waals surface area contributed by atoms with Crippen molar-refractivity contribution < 1.29 is 19.0 Å². The van der Waals surface area contributed by atoms with E-state index >= 15 is 0 Å². The number of amides is 1. The second-order valence-electron chi connectivity index (χ2n) is 4.84. The molecule has 0 bridgehead atoms. The smallest absolute Gasteiger partial charge is 0.256 e. The van der Waals surface area contributed by atoms with Crippen LogP contribution in [0.15, 0.2) is 24.3 Å². The van der Waals surface area contributed by atoms with Crippen LogP contribution < -0.4 is 10.1 Å². The van der Waals surface area contributed by atoms with Crippen LogP contribution in [0.5, 0.6) is 5.75 Å². The third-order valence-electron chi connectivity index (χ3n) is 3.29. The van der Waals surface area contributed by atoms with E-state index in [1.54, 1.807) is 14.0 Å². The molecule has 0 aromatic heterocycles. The normalized spacial score (nSPS) is 13.5. The van der Waals surface area contributed by atoms with Crippen LogP contribution >= 0.6 is 0 Å². The molecule has 5 nitrogen and oxygen atoms in total. The van der Waals surface area contributed by atoms with E-state index in [4.69, 9.17) is 14.2 Å². The van der Waals surface area contributed by atoms with E-state index in [2.05, 4.69) is 5.32 Å². The maximum absolute atomic E-state index is 12.3. The Hall–Kier alpha value is -1.59. The number of carbonyl (C=O) groups excluding carboxylic acids is 1. The molecule has 0 saturated heterocycles. The standard InChI is InChI=1S/C16H25NO4/c1-5-16(3,21-6-2)15(18)17-13-7-9-14(10-8-13)20-12-11-19-4/h7-10H,5-6,11-12H2,1-4H3,(H,17,18)/t16-/m1/s1. The summed E-state index contributed by atoms with van der Waals surface area (Å²) >= 11 is 0. The molecule has 1 amide bonds. The lowest BCUT2D eigenvalue weighted by Crippen LogP contribution is -2.42. The molecule has 5 heteroatoms. The third-order valence-corrected chi connectivity index (χ3v) is 3.29. The molecule has 1 atom stereocenters. The lowest BCUT2D eigenvalue weighted by molar-refractivity contribution is -0.139. The van der Waals surface area contributed by atoms with Crippen molar-refractivity contribution in [3.8, 4) is 5.75 Å². The molecule has 1 N–H and O–H groups in total. The van der Waals surface area contributed by atoms with Crippen molar-refractivity contribution >= 4 is 11.6 Å². The third kappa shape index (κ3) is 5.36. The average Bonchev–Trinajstić information content (AvgIpc) is 2.49. The van der Waals surface area contributed by atoms with Crippen molar-refractivity contribution in [1.29, 1.82) is 0 Å². The zero-order valence-corrected chi connectivity index (χ0v) is 13.3. The molecule has 1 rings (SSSR count). The van der Waals surface area contributed by atoms with Crippen molar-refractivity contribution in [2.24, 2.45) is 0 Å². The fraction of sp³-hybridized carbons (Fsp3) is 0.562. The fourth-order valence-electron chi connectivity index (χ4n) is 1.79. The second kappa shape index (κ2) is 8.64. The van der Waals surface area contributed by atoms with E-state index in [0.717, 1.165) is 11.4 Å². The Morgan fingerprint density at radius 2 is 1.86 bits per heavy atom. The number of rotatable bonds is 9. The van der Waals surface area contributed by atoms with Gasteiger partial charge in [0.15, 0.2) is 0 Å². The number of hydrogen-bond acceptors (Lipinski definition) is 4. The molecule has 21 heavy (non-hydrogen) atoms. The highest BCUT2D eigenvalue weighted by molar-refractivity contribution is 5.97. The van der Waals surface area contributed by atoms with Gasteiger partial charge in [0.2, 0.25) is 0 Å². The summed E-state index contributed by atoms with van der Waals surface area (Å²) in [4.78, 5) is 12.3. The second-order valence-corrected chi connectivity index (χ2v) is 4.84. The Labute approximate surface area is 126 Å². The van der Waals surface area contributed by atoms with Crippen molar-refractivity contribution in [3.05, 3.63) is 24.3 Å². The molecule has 1 aromatic carbocycles. The number of carbonyl (C=O) groups is 1. The Morgan fingerprint density at radius 3 is 2.38 bits per heavy atom. The zero-order chi connectivity index (χ0) is 15.7. The molecule has 0 unspecified atom stereocenters. The predicted molar refractivity (Wildman–Crippen MR) is 82.8 cm³/mol. The van der Waals surface area contributed by atoms with Crippen LogP contribution in [0.25, 0.3) is 0 Å². The van der Waals surface area contributed by atoms with Crippen LogP contribution in [-0.2, 0) is 14.3 Å². The van der Waals surface area contributed by atoms with Gasteiger partial charge in [0, 0.05) is 19.4 Å². The summed E-state index contributed by atoms with van der Waals surface area (Å²) in [6, 6.07) is 7.24. The molecule has 1 aromatic rings. The van der Waals surface area contributed by atoms with Gasteiger partial charge in [0.1, 0.15) is 18.0 Å². The first-order valence-electron chi connectivity index (χ1n) is 7.23. The first-order chi connectivity index (χ1) is 10.1. The van der Waals surface area contributed by atoms with Crippen LogP contribution in [-0.4, -0.2) is 38.4 Å². The maximum atomic E-state index is 12.3. The van der Waals surface area contributed by atoms with Crippen LogP contribution in [0.1, 0.15) is 27.2 Å². The topological polar surface area (TPSA) is 56.8 Å². The van der Waals surface area contributed by atoms with Gasteiger partial charge >= 0.3 is 0 Å². The average molecular weight is 295 g/mol. The van der Waals surface area contributed by atoms with Crippen LogP contribution in [0.4, 0.5) is 5.69 Å². The lowest BCUT2D eigenvalue weighted by atomic mass is 10.0. The molecule has 0 aliphatic carbocycles. The molecular weight excluding hydrogens is 270 g/mol. The molecule has 0 aliphatic heterocycles. The number of anilines is 1. The van der Waals surface area contributed by atoms with Gasteiger partial charge in [0.25, 0.3) is 5.91 Å². The first kappa shape index (κ1) is 17.5. The van der Waals surface area contributed by atoms with E-state index in [0.29, 0.717) is 26.2 Å². The summed E-state index contributed by atoms with van der Waals surface area (Å²) in [5, 5.41) is 2.87. The van der Waals surface area contributed by atoms with Gasteiger partial charge in [-0.2, -0.15) is 0 Å². The van der Waals surface area contributed by atoms with Gasteiger partial charge in [-0.05, 0) is 44.5 Å². The molecule has 118 valence electrons. The zero-order valence-electron chi connectivity index (χ0n) is 13.3. The Bertz CT molecular complexity index is 432. The minimum Gasteiger partial charge on any atom is -0.491 e. The molecule has 0 heterocycles. The SMILES string of the molecule is CCO[C@](C)(CC)C(=O)Nc1ccc(OCCOC)cc1. The van der Waals surface area contributed by atoms with Crippen LogP contribution in [0, 0.1) is 0 Å². The summed E-state index contributed by atoms with van der Waals surface area (Å²) < 4.78 is 15.9. The maximum Gasteiger partial charge on any atom is 0.256 e. The highest BCUT2D eigenvalue weighted by Crippen LogP contribution is 2.20. The van der Waals surface area contributed by atoms with Gasteiger partial charge in [-0.1, -0.05) is 6.92 Å². The minimum atomic E-state index is -0.803. The summed E-state index contributed by atoms with van der Waals surface area (Å²) in [7, 11) is 1.63. The van der Waals surface area contributed by atoms with Gasteiger partial charge < -0.3 is 19.5 Å². The fourth-order valence-corrected chi connectivity index (χ4v) is 1.79. The number of nitrogens with one attached hydrogen (secondary N) is 1. The van der Waals surface area contributed by atoms with Crippen LogP contribution in [0.3, 0.4) is 0 Å². The molecule has 0 aliphatic rings. The monoisotopic (exact) mass is 295 g/mol. The van der Waals surface area contributed by atoms with E-state index < -0.39 is 5.60 Å². The van der Waals surface area contributed by atoms with Gasteiger partial charge in [-0.25, -0.2) is 0 Å². The molecular formula is C16H25NO4. The first-order valence-corrected chi connectivity index (χ1v) is 7.23. The van der Waals surface area contributed by atoms with Gasteiger partial charge in [-0.3, -0.25) is 4.79 Å².